The Labute approximate surface area is 94.8 Å². The fourth-order valence-corrected chi connectivity index (χ4v) is 2.37. The second-order valence-corrected chi connectivity index (χ2v) is 5.01. The van der Waals surface area contributed by atoms with E-state index in [0.29, 0.717) is 0 Å². The van der Waals surface area contributed by atoms with Crippen LogP contribution in [0.1, 0.15) is 26.2 Å². The Balaban J connectivity index is 2.20. The maximum atomic E-state index is 3.56. The zero-order valence-corrected chi connectivity index (χ0v) is 10.8. The van der Waals surface area contributed by atoms with Crippen LogP contribution in [0.4, 0.5) is 0 Å². The fourth-order valence-electron chi connectivity index (χ4n) is 2.37. The maximum Gasteiger partial charge on any atom is 0.0109 e. The molecule has 1 fully saturated rings. The summed E-state index contributed by atoms with van der Waals surface area (Å²) >= 11 is 0. The van der Waals surface area contributed by atoms with Crippen LogP contribution in [-0.2, 0) is 0 Å². The molecular formula is C12H27N3. The largest absolute Gasteiger partial charge is 0.314 e. The first kappa shape index (κ1) is 12.9. The van der Waals surface area contributed by atoms with Gasteiger partial charge >= 0.3 is 0 Å². The zero-order valence-electron chi connectivity index (χ0n) is 10.8. The van der Waals surface area contributed by atoms with Crippen molar-refractivity contribution < 1.29 is 0 Å². The predicted molar refractivity (Wildman–Crippen MR) is 66.3 cm³/mol. The molecule has 3 nitrogen and oxygen atoms in total. The highest BCUT2D eigenvalue weighted by Crippen LogP contribution is 2.22. The van der Waals surface area contributed by atoms with Gasteiger partial charge in [0, 0.05) is 25.2 Å². The molecule has 0 aromatic carbocycles. The Morgan fingerprint density at radius 2 is 1.87 bits per heavy atom. The number of rotatable bonds is 6. The number of hydrogen-bond acceptors (Lipinski definition) is 3. The molecular weight excluding hydrogens is 186 g/mol. The third-order valence-corrected chi connectivity index (χ3v) is 3.42. The van der Waals surface area contributed by atoms with Crippen LogP contribution >= 0.6 is 0 Å². The summed E-state index contributed by atoms with van der Waals surface area (Å²) in [6.07, 6.45) is 4.05. The summed E-state index contributed by atoms with van der Waals surface area (Å²) in [6.45, 7) is 5.66. The first-order chi connectivity index (χ1) is 7.13. The quantitative estimate of drug-likeness (QED) is 0.710. The Bertz CT molecular complexity index is 170. The van der Waals surface area contributed by atoms with E-state index in [4.69, 9.17) is 0 Å². The predicted octanol–water partition coefficient (Wildman–Crippen LogP) is 1.01. The average Bonchev–Trinajstić information content (AvgIpc) is 2.63. The van der Waals surface area contributed by atoms with Crippen LogP contribution in [0.25, 0.3) is 0 Å². The maximum absolute atomic E-state index is 3.56. The van der Waals surface area contributed by atoms with Crippen molar-refractivity contribution in [2.75, 3.05) is 40.8 Å². The summed E-state index contributed by atoms with van der Waals surface area (Å²) in [5.41, 5.74) is 0. The van der Waals surface area contributed by atoms with E-state index in [-0.39, 0.29) is 0 Å². The standard InChI is InChI=1S/C12H27N3/c1-5-13-11-6-7-12(10-11)15(4)9-8-14(2)3/h11-13H,5-10H2,1-4H3. The molecule has 15 heavy (non-hydrogen) atoms. The molecule has 0 radical (unpaired) electrons. The lowest BCUT2D eigenvalue weighted by Crippen LogP contribution is -2.36. The fraction of sp³-hybridized carbons (Fsp3) is 1.00. The van der Waals surface area contributed by atoms with E-state index >= 15 is 0 Å². The molecule has 2 atom stereocenters. The zero-order chi connectivity index (χ0) is 11.3. The van der Waals surface area contributed by atoms with Gasteiger partial charge in [-0.1, -0.05) is 6.92 Å². The van der Waals surface area contributed by atoms with Crippen LogP contribution in [0.3, 0.4) is 0 Å². The molecule has 2 unspecified atom stereocenters. The molecule has 0 amide bonds. The van der Waals surface area contributed by atoms with Gasteiger partial charge in [-0.25, -0.2) is 0 Å². The molecule has 1 aliphatic carbocycles. The molecule has 0 saturated heterocycles. The van der Waals surface area contributed by atoms with Gasteiger partial charge in [-0.2, -0.15) is 0 Å². The summed E-state index contributed by atoms with van der Waals surface area (Å²) < 4.78 is 0. The molecule has 1 N–H and O–H groups in total. The molecule has 1 aliphatic rings. The summed E-state index contributed by atoms with van der Waals surface area (Å²) in [7, 11) is 6.55. The SMILES string of the molecule is CCNC1CCC(N(C)CCN(C)C)C1. The molecule has 0 spiro atoms. The van der Waals surface area contributed by atoms with E-state index in [0.717, 1.165) is 18.6 Å². The van der Waals surface area contributed by atoms with Crippen LogP contribution in [0.2, 0.25) is 0 Å². The minimum absolute atomic E-state index is 0.766. The van der Waals surface area contributed by atoms with Gasteiger partial charge in [0.1, 0.15) is 0 Å². The van der Waals surface area contributed by atoms with Crippen LogP contribution in [0, 0.1) is 0 Å². The van der Waals surface area contributed by atoms with Crippen LogP contribution in [0.15, 0.2) is 0 Å². The summed E-state index contributed by atoms with van der Waals surface area (Å²) in [4.78, 5) is 4.78. The van der Waals surface area contributed by atoms with Crippen molar-refractivity contribution in [2.24, 2.45) is 0 Å². The smallest absolute Gasteiger partial charge is 0.0109 e. The van der Waals surface area contributed by atoms with Gasteiger partial charge < -0.3 is 15.1 Å². The average molecular weight is 213 g/mol. The van der Waals surface area contributed by atoms with Crippen molar-refractivity contribution in [3.63, 3.8) is 0 Å². The number of likely N-dealkylation sites (N-methyl/N-ethyl adjacent to an activating group) is 2. The van der Waals surface area contributed by atoms with Crippen molar-refractivity contribution in [3.05, 3.63) is 0 Å². The lowest BCUT2D eigenvalue weighted by Gasteiger charge is -2.25. The summed E-state index contributed by atoms with van der Waals surface area (Å²) in [5.74, 6) is 0. The number of hydrogen-bond donors (Lipinski definition) is 1. The molecule has 1 rings (SSSR count). The molecule has 0 bridgehead atoms. The van der Waals surface area contributed by atoms with Crippen LogP contribution in [0.5, 0.6) is 0 Å². The molecule has 1 saturated carbocycles. The van der Waals surface area contributed by atoms with Gasteiger partial charge in [0.2, 0.25) is 0 Å². The second kappa shape index (κ2) is 6.46. The van der Waals surface area contributed by atoms with Gasteiger partial charge in [0.25, 0.3) is 0 Å². The van der Waals surface area contributed by atoms with Crippen molar-refractivity contribution >= 4 is 0 Å². The van der Waals surface area contributed by atoms with E-state index in [1.54, 1.807) is 0 Å². The van der Waals surface area contributed by atoms with Gasteiger partial charge in [0.05, 0.1) is 0 Å². The Hall–Kier alpha value is -0.120. The van der Waals surface area contributed by atoms with E-state index < -0.39 is 0 Å². The van der Waals surface area contributed by atoms with Crippen molar-refractivity contribution in [1.29, 1.82) is 0 Å². The Kier molecular flexibility index (Phi) is 5.58. The van der Waals surface area contributed by atoms with Gasteiger partial charge in [-0.3, -0.25) is 0 Å². The van der Waals surface area contributed by atoms with Gasteiger partial charge in [-0.15, -0.1) is 0 Å². The van der Waals surface area contributed by atoms with Crippen molar-refractivity contribution in [2.45, 2.75) is 38.3 Å². The molecule has 0 aliphatic heterocycles. The minimum Gasteiger partial charge on any atom is -0.314 e. The van der Waals surface area contributed by atoms with Crippen LogP contribution in [-0.4, -0.2) is 62.7 Å². The van der Waals surface area contributed by atoms with E-state index in [2.05, 4.69) is 43.2 Å². The third-order valence-electron chi connectivity index (χ3n) is 3.42. The van der Waals surface area contributed by atoms with Crippen LogP contribution < -0.4 is 5.32 Å². The highest BCUT2D eigenvalue weighted by molar-refractivity contribution is 4.85. The molecule has 0 heterocycles. The lowest BCUT2D eigenvalue weighted by atomic mass is 10.2. The lowest BCUT2D eigenvalue weighted by molar-refractivity contribution is 0.217. The normalized spacial score (nSPS) is 26.8. The summed E-state index contributed by atoms with van der Waals surface area (Å²) in [6, 6.07) is 1.57. The molecule has 3 heteroatoms. The number of nitrogens with zero attached hydrogens (tertiary/aromatic N) is 2. The Morgan fingerprint density at radius 3 is 2.47 bits per heavy atom. The first-order valence-corrected chi connectivity index (χ1v) is 6.21. The van der Waals surface area contributed by atoms with E-state index in [9.17, 15) is 0 Å². The monoisotopic (exact) mass is 213 g/mol. The topological polar surface area (TPSA) is 18.5 Å². The van der Waals surface area contributed by atoms with Gasteiger partial charge in [-0.05, 0) is 47.0 Å². The highest BCUT2D eigenvalue weighted by atomic mass is 15.2. The van der Waals surface area contributed by atoms with E-state index in [1.807, 2.05) is 0 Å². The van der Waals surface area contributed by atoms with Crippen molar-refractivity contribution in [3.8, 4) is 0 Å². The second-order valence-electron chi connectivity index (χ2n) is 5.01. The molecule has 90 valence electrons. The highest BCUT2D eigenvalue weighted by Gasteiger charge is 2.26. The van der Waals surface area contributed by atoms with E-state index in [1.165, 1.54) is 32.4 Å². The third kappa shape index (κ3) is 4.49. The Morgan fingerprint density at radius 1 is 1.13 bits per heavy atom. The summed E-state index contributed by atoms with van der Waals surface area (Å²) in [5, 5.41) is 3.56. The van der Waals surface area contributed by atoms with Crippen molar-refractivity contribution in [1.82, 2.24) is 15.1 Å². The van der Waals surface area contributed by atoms with Gasteiger partial charge in [0.15, 0.2) is 0 Å². The number of nitrogens with one attached hydrogen (secondary N) is 1. The molecule has 0 aromatic rings. The molecule has 0 aromatic heterocycles. The minimum atomic E-state index is 0.766. The first-order valence-electron chi connectivity index (χ1n) is 6.21.